The van der Waals surface area contributed by atoms with Gasteiger partial charge in [0, 0.05) is 12.1 Å². The molecule has 0 radical (unpaired) electrons. The lowest BCUT2D eigenvalue weighted by molar-refractivity contribution is -0.125. The van der Waals surface area contributed by atoms with Crippen molar-refractivity contribution in [1.29, 1.82) is 0 Å². The molecule has 17 heavy (non-hydrogen) atoms. The van der Waals surface area contributed by atoms with E-state index in [1.54, 1.807) is 0 Å². The van der Waals surface area contributed by atoms with Crippen molar-refractivity contribution >= 4 is 5.91 Å². The number of carbonyl (C=O) groups is 1. The van der Waals surface area contributed by atoms with Gasteiger partial charge in [-0.05, 0) is 33.3 Å². The fraction of sp³-hybridized carbons (Fsp3) is 0.500. The lowest BCUT2D eigenvalue weighted by atomic mass is 9.83. The SMILES string of the molecule is CC(C)(N)CNC(=O)C(C)(C)c1ccccc1. The Bertz CT molecular complexity index is 377. The molecule has 0 aromatic heterocycles. The number of hydrogen-bond donors (Lipinski definition) is 2. The normalized spacial score (nSPS) is 12.3. The Kier molecular flexibility index (Phi) is 3.94. The average Bonchev–Trinajstić information content (AvgIpc) is 2.26. The maximum absolute atomic E-state index is 12.1. The van der Waals surface area contributed by atoms with E-state index in [9.17, 15) is 4.79 Å². The van der Waals surface area contributed by atoms with E-state index in [-0.39, 0.29) is 11.4 Å². The van der Waals surface area contributed by atoms with Crippen molar-refractivity contribution in [2.75, 3.05) is 6.54 Å². The van der Waals surface area contributed by atoms with Crippen LogP contribution in [0.5, 0.6) is 0 Å². The lowest BCUT2D eigenvalue weighted by Gasteiger charge is -2.27. The first-order chi connectivity index (χ1) is 7.73. The fourth-order valence-electron chi connectivity index (χ4n) is 1.51. The smallest absolute Gasteiger partial charge is 0.230 e. The van der Waals surface area contributed by atoms with Crippen LogP contribution in [-0.2, 0) is 10.2 Å². The van der Waals surface area contributed by atoms with E-state index in [1.165, 1.54) is 0 Å². The molecular weight excluding hydrogens is 212 g/mol. The van der Waals surface area contributed by atoms with Gasteiger partial charge in [-0.25, -0.2) is 0 Å². The third kappa shape index (κ3) is 3.86. The van der Waals surface area contributed by atoms with Crippen molar-refractivity contribution in [1.82, 2.24) is 5.32 Å². The van der Waals surface area contributed by atoms with Gasteiger partial charge in [0.05, 0.1) is 5.41 Å². The molecule has 0 heterocycles. The quantitative estimate of drug-likeness (QED) is 0.835. The van der Waals surface area contributed by atoms with Gasteiger partial charge in [-0.1, -0.05) is 30.3 Å². The highest BCUT2D eigenvalue weighted by molar-refractivity contribution is 5.87. The van der Waals surface area contributed by atoms with E-state index >= 15 is 0 Å². The molecule has 94 valence electrons. The fourth-order valence-corrected chi connectivity index (χ4v) is 1.51. The summed E-state index contributed by atoms with van der Waals surface area (Å²) < 4.78 is 0. The zero-order valence-electron chi connectivity index (χ0n) is 11.1. The summed E-state index contributed by atoms with van der Waals surface area (Å²) in [4.78, 5) is 12.1. The first-order valence-corrected chi connectivity index (χ1v) is 5.86. The van der Waals surface area contributed by atoms with Gasteiger partial charge in [-0.15, -0.1) is 0 Å². The van der Waals surface area contributed by atoms with Gasteiger partial charge in [0.15, 0.2) is 0 Å². The van der Waals surface area contributed by atoms with Crippen LogP contribution in [0.15, 0.2) is 30.3 Å². The summed E-state index contributed by atoms with van der Waals surface area (Å²) >= 11 is 0. The van der Waals surface area contributed by atoms with Crippen molar-refractivity contribution in [3.8, 4) is 0 Å². The number of carbonyl (C=O) groups excluding carboxylic acids is 1. The zero-order chi connectivity index (χ0) is 13.1. The van der Waals surface area contributed by atoms with Crippen LogP contribution in [0.2, 0.25) is 0 Å². The molecule has 0 bridgehead atoms. The van der Waals surface area contributed by atoms with E-state index in [4.69, 9.17) is 5.73 Å². The van der Waals surface area contributed by atoms with E-state index in [1.807, 2.05) is 58.0 Å². The standard InChI is InChI=1S/C14H22N2O/c1-13(2,15)10-16-12(17)14(3,4)11-8-6-5-7-9-11/h5-9H,10,15H2,1-4H3,(H,16,17). The van der Waals surface area contributed by atoms with Gasteiger partial charge < -0.3 is 11.1 Å². The van der Waals surface area contributed by atoms with Crippen LogP contribution in [0.25, 0.3) is 0 Å². The summed E-state index contributed by atoms with van der Waals surface area (Å²) in [5.74, 6) is 0.00206. The number of rotatable bonds is 4. The van der Waals surface area contributed by atoms with Crippen molar-refractivity contribution < 1.29 is 4.79 Å². The molecule has 0 unspecified atom stereocenters. The third-order valence-electron chi connectivity index (χ3n) is 2.77. The third-order valence-corrected chi connectivity index (χ3v) is 2.77. The van der Waals surface area contributed by atoms with E-state index in [2.05, 4.69) is 5.32 Å². The summed E-state index contributed by atoms with van der Waals surface area (Å²) in [5, 5.41) is 2.90. The van der Waals surface area contributed by atoms with Gasteiger partial charge in [-0.2, -0.15) is 0 Å². The highest BCUT2D eigenvalue weighted by Gasteiger charge is 2.30. The van der Waals surface area contributed by atoms with Crippen LogP contribution in [0.1, 0.15) is 33.3 Å². The number of nitrogens with two attached hydrogens (primary N) is 1. The number of nitrogens with one attached hydrogen (secondary N) is 1. The zero-order valence-corrected chi connectivity index (χ0v) is 11.1. The summed E-state index contributed by atoms with van der Waals surface area (Å²) in [6, 6.07) is 9.76. The first-order valence-electron chi connectivity index (χ1n) is 5.86. The molecule has 0 spiro atoms. The summed E-state index contributed by atoms with van der Waals surface area (Å²) in [7, 11) is 0. The van der Waals surface area contributed by atoms with Crippen LogP contribution >= 0.6 is 0 Å². The van der Waals surface area contributed by atoms with Gasteiger partial charge in [0.1, 0.15) is 0 Å². The van der Waals surface area contributed by atoms with Crippen LogP contribution in [0, 0.1) is 0 Å². The monoisotopic (exact) mass is 234 g/mol. The van der Waals surface area contributed by atoms with Crippen LogP contribution in [-0.4, -0.2) is 18.0 Å². The molecular formula is C14H22N2O. The topological polar surface area (TPSA) is 55.1 Å². The molecule has 0 saturated carbocycles. The minimum atomic E-state index is -0.535. The van der Waals surface area contributed by atoms with Crippen LogP contribution in [0.3, 0.4) is 0 Å². The second-order valence-electron chi connectivity index (χ2n) is 5.66. The Hall–Kier alpha value is -1.35. The van der Waals surface area contributed by atoms with E-state index in [0.717, 1.165) is 5.56 Å². The molecule has 3 nitrogen and oxygen atoms in total. The molecule has 1 aromatic carbocycles. The van der Waals surface area contributed by atoms with Crippen molar-refractivity contribution in [2.24, 2.45) is 5.73 Å². The maximum atomic E-state index is 12.1. The molecule has 1 amide bonds. The van der Waals surface area contributed by atoms with Gasteiger partial charge >= 0.3 is 0 Å². The second-order valence-corrected chi connectivity index (χ2v) is 5.66. The average molecular weight is 234 g/mol. The minimum Gasteiger partial charge on any atom is -0.354 e. The minimum absolute atomic E-state index is 0.00206. The van der Waals surface area contributed by atoms with Crippen molar-refractivity contribution in [3.05, 3.63) is 35.9 Å². The Labute approximate surface area is 103 Å². The molecule has 0 aliphatic carbocycles. The molecule has 3 heteroatoms. The summed E-state index contributed by atoms with van der Waals surface area (Å²) in [6.07, 6.45) is 0. The van der Waals surface area contributed by atoms with E-state index in [0.29, 0.717) is 6.54 Å². The maximum Gasteiger partial charge on any atom is 0.230 e. The molecule has 0 fully saturated rings. The Morgan fingerprint density at radius 1 is 1.18 bits per heavy atom. The predicted molar refractivity (Wildman–Crippen MR) is 70.7 cm³/mol. The van der Waals surface area contributed by atoms with Gasteiger partial charge in [0.2, 0.25) is 5.91 Å². The Balaban J connectivity index is 2.74. The number of hydrogen-bond acceptors (Lipinski definition) is 2. The first kappa shape index (κ1) is 13.7. The van der Waals surface area contributed by atoms with E-state index < -0.39 is 5.41 Å². The van der Waals surface area contributed by atoms with Gasteiger partial charge in [-0.3, -0.25) is 4.79 Å². The largest absolute Gasteiger partial charge is 0.354 e. The number of benzene rings is 1. The van der Waals surface area contributed by atoms with Gasteiger partial charge in [0.25, 0.3) is 0 Å². The summed E-state index contributed by atoms with van der Waals surface area (Å²) in [5.41, 5.74) is 5.94. The molecule has 3 N–H and O–H groups in total. The number of amides is 1. The molecule has 0 aliphatic heterocycles. The van der Waals surface area contributed by atoms with Crippen molar-refractivity contribution in [2.45, 2.75) is 38.6 Å². The second kappa shape index (κ2) is 4.88. The van der Waals surface area contributed by atoms with Crippen molar-refractivity contribution in [3.63, 3.8) is 0 Å². The molecule has 0 aliphatic rings. The highest BCUT2D eigenvalue weighted by atomic mass is 16.2. The molecule has 0 atom stereocenters. The lowest BCUT2D eigenvalue weighted by Crippen LogP contribution is -2.49. The van der Waals surface area contributed by atoms with Crippen LogP contribution < -0.4 is 11.1 Å². The highest BCUT2D eigenvalue weighted by Crippen LogP contribution is 2.22. The summed E-state index contributed by atoms with van der Waals surface area (Å²) in [6.45, 7) is 8.09. The molecule has 1 rings (SSSR count). The Morgan fingerprint density at radius 2 is 1.71 bits per heavy atom. The molecule has 1 aromatic rings. The van der Waals surface area contributed by atoms with Crippen LogP contribution in [0.4, 0.5) is 0 Å². The predicted octanol–water partition coefficient (Wildman–Crippen LogP) is 1.82. The molecule has 0 saturated heterocycles. The Morgan fingerprint density at radius 3 is 2.18 bits per heavy atom.